The fourth-order valence-electron chi connectivity index (χ4n) is 5.52. The van der Waals surface area contributed by atoms with Crippen molar-refractivity contribution in [1.29, 1.82) is 0 Å². The average molecular weight is 372 g/mol. The highest BCUT2D eigenvalue weighted by Crippen LogP contribution is 2.42. The van der Waals surface area contributed by atoms with Crippen molar-refractivity contribution in [2.45, 2.75) is 43.7 Å². The molecule has 5 nitrogen and oxygen atoms in total. The largest absolute Gasteiger partial charge is 0.373 e. The van der Waals surface area contributed by atoms with E-state index in [0.717, 1.165) is 52.0 Å². The van der Waals surface area contributed by atoms with Gasteiger partial charge in [0.1, 0.15) is 0 Å². The maximum Gasteiger partial charge on any atom is 0.239 e. The first kappa shape index (κ1) is 18.9. The Labute approximate surface area is 163 Å². The summed E-state index contributed by atoms with van der Waals surface area (Å²) in [7, 11) is 3.93. The third-order valence-corrected chi connectivity index (χ3v) is 7.27. The number of carbonyl (C=O) groups is 1. The van der Waals surface area contributed by atoms with Gasteiger partial charge in [0.2, 0.25) is 5.91 Å². The van der Waals surface area contributed by atoms with E-state index in [1.54, 1.807) is 7.11 Å². The number of benzene rings is 1. The van der Waals surface area contributed by atoms with Crippen molar-refractivity contribution in [2.75, 3.05) is 46.9 Å². The van der Waals surface area contributed by atoms with Crippen molar-refractivity contribution in [3.05, 3.63) is 35.9 Å². The Morgan fingerprint density at radius 2 is 1.78 bits per heavy atom. The number of likely N-dealkylation sites (N-methyl/N-ethyl adjacent to an activating group) is 1. The number of hydrogen-bond donors (Lipinski definition) is 1. The Morgan fingerprint density at radius 1 is 1.11 bits per heavy atom. The minimum Gasteiger partial charge on any atom is -0.373 e. The van der Waals surface area contributed by atoms with Crippen LogP contribution in [0.2, 0.25) is 0 Å². The summed E-state index contributed by atoms with van der Waals surface area (Å²) in [6, 6.07) is 10.5. The van der Waals surface area contributed by atoms with Gasteiger partial charge < -0.3 is 15.0 Å². The van der Waals surface area contributed by atoms with Gasteiger partial charge in [-0.05, 0) is 63.2 Å². The topological polar surface area (TPSA) is 44.8 Å². The number of rotatable bonds is 3. The van der Waals surface area contributed by atoms with Crippen molar-refractivity contribution in [2.24, 2.45) is 5.41 Å². The first-order valence-electron chi connectivity index (χ1n) is 10.4. The molecular formula is C22H33N3O2. The molecule has 0 aromatic heterocycles. The second-order valence-electron chi connectivity index (χ2n) is 8.77. The number of nitrogens with zero attached hydrogens (tertiary/aromatic N) is 2. The standard InChI is InChI=1S/C22H33N3O2/c1-24-17-21(8-12-23-13-9-21)16-19(24)20(26)25-14-10-22(27-2,11-15-25)18-6-4-3-5-7-18/h3-7,19,23H,8-17H2,1-2H3. The molecule has 3 aliphatic rings. The third kappa shape index (κ3) is 3.53. The summed E-state index contributed by atoms with van der Waals surface area (Å²) in [6.07, 6.45) is 5.15. The van der Waals surface area contributed by atoms with Crippen LogP contribution in [0.25, 0.3) is 0 Å². The average Bonchev–Trinajstić information content (AvgIpc) is 3.04. The number of piperidine rings is 2. The smallest absolute Gasteiger partial charge is 0.239 e. The van der Waals surface area contributed by atoms with Gasteiger partial charge in [0.25, 0.3) is 0 Å². The molecule has 0 radical (unpaired) electrons. The first-order chi connectivity index (χ1) is 13.1. The molecule has 1 atom stereocenters. The van der Waals surface area contributed by atoms with E-state index in [1.165, 1.54) is 18.4 Å². The summed E-state index contributed by atoms with van der Waals surface area (Å²) in [5.74, 6) is 0.325. The molecular weight excluding hydrogens is 338 g/mol. The lowest BCUT2D eigenvalue weighted by Crippen LogP contribution is -2.51. The molecule has 5 heteroatoms. The monoisotopic (exact) mass is 371 g/mol. The van der Waals surface area contributed by atoms with Crippen LogP contribution in [0.5, 0.6) is 0 Å². The molecule has 3 heterocycles. The Balaban J connectivity index is 1.41. The van der Waals surface area contributed by atoms with Crippen LogP contribution in [0.15, 0.2) is 30.3 Å². The normalized spacial score (nSPS) is 27.8. The molecule has 4 rings (SSSR count). The summed E-state index contributed by atoms with van der Waals surface area (Å²) in [6.45, 7) is 4.80. The highest BCUT2D eigenvalue weighted by atomic mass is 16.5. The molecule has 1 amide bonds. The van der Waals surface area contributed by atoms with Crippen LogP contribution in [0.1, 0.15) is 37.7 Å². The molecule has 1 aromatic carbocycles. The van der Waals surface area contributed by atoms with E-state index in [9.17, 15) is 4.79 Å². The number of methoxy groups -OCH3 is 1. The van der Waals surface area contributed by atoms with E-state index in [4.69, 9.17) is 4.74 Å². The van der Waals surface area contributed by atoms with E-state index in [0.29, 0.717) is 11.3 Å². The van der Waals surface area contributed by atoms with Crippen LogP contribution < -0.4 is 5.32 Å². The zero-order chi connectivity index (χ0) is 18.9. The highest BCUT2D eigenvalue weighted by molar-refractivity contribution is 5.82. The molecule has 0 saturated carbocycles. The molecule has 3 saturated heterocycles. The number of likely N-dealkylation sites (tertiary alicyclic amines) is 2. The van der Waals surface area contributed by atoms with Gasteiger partial charge >= 0.3 is 0 Å². The maximum absolute atomic E-state index is 13.3. The van der Waals surface area contributed by atoms with Gasteiger partial charge in [-0.1, -0.05) is 30.3 Å². The highest BCUT2D eigenvalue weighted by Gasteiger charge is 2.47. The van der Waals surface area contributed by atoms with Crippen molar-refractivity contribution in [3.8, 4) is 0 Å². The van der Waals surface area contributed by atoms with Crippen LogP contribution in [0.4, 0.5) is 0 Å². The fraction of sp³-hybridized carbons (Fsp3) is 0.682. The first-order valence-corrected chi connectivity index (χ1v) is 10.4. The van der Waals surface area contributed by atoms with Gasteiger partial charge in [0.05, 0.1) is 11.6 Å². The lowest BCUT2D eigenvalue weighted by molar-refractivity contribution is -0.141. The van der Waals surface area contributed by atoms with E-state index >= 15 is 0 Å². The van der Waals surface area contributed by atoms with Crippen LogP contribution in [0.3, 0.4) is 0 Å². The minimum atomic E-state index is -0.254. The number of carbonyl (C=O) groups excluding carboxylic acids is 1. The third-order valence-electron chi connectivity index (χ3n) is 7.27. The van der Waals surface area contributed by atoms with Crippen molar-refractivity contribution >= 4 is 5.91 Å². The summed E-state index contributed by atoms with van der Waals surface area (Å²) in [4.78, 5) is 17.7. The summed E-state index contributed by atoms with van der Waals surface area (Å²) in [5.41, 5.74) is 1.32. The van der Waals surface area contributed by atoms with E-state index in [-0.39, 0.29) is 11.6 Å². The van der Waals surface area contributed by atoms with Crippen molar-refractivity contribution in [3.63, 3.8) is 0 Å². The zero-order valence-corrected chi connectivity index (χ0v) is 16.7. The van der Waals surface area contributed by atoms with Gasteiger partial charge in [0, 0.05) is 26.7 Å². The Morgan fingerprint density at radius 3 is 2.41 bits per heavy atom. The zero-order valence-electron chi connectivity index (χ0n) is 16.7. The second kappa shape index (κ2) is 7.53. The molecule has 0 aliphatic carbocycles. The van der Waals surface area contributed by atoms with Gasteiger partial charge in [-0.2, -0.15) is 0 Å². The fourth-order valence-corrected chi connectivity index (χ4v) is 5.52. The lowest BCUT2D eigenvalue weighted by Gasteiger charge is -2.42. The summed E-state index contributed by atoms with van der Waals surface area (Å²) in [5, 5.41) is 3.46. The number of amides is 1. The van der Waals surface area contributed by atoms with Crippen molar-refractivity contribution in [1.82, 2.24) is 15.1 Å². The SMILES string of the molecule is COC1(c2ccccc2)CCN(C(=O)C2CC3(CCNCC3)CN2C)CC1. The molecule has 0 bridgehead atoms. The van der Waals surface area contributed by atoms with Crippen LogP contribution in [-0.4, -0.2) is 68.6 Å². The van der Waals surface area contributed by atoms with Gasteiger partial charge in [-0.25, -0.2) is 0 Å². The summed E-state index contributed by atoms with van der Waals surface area (Å²) >= 11 is 0. The molecule has 1 N–H and O–H groups in total. The number of hydrogen-bond acceptors (Lipinski definition) is 4. The van der Waals surface area contributed by atoms with Crippen LogP contribution in [-0.2, 0) is 15.1 Å². The number of ether oxygens (including phenoxy) is 1. The van der Waals surface area contributed by atoms with E-state index in [1.807, 2.05) is 6.07 Å². The van der Waals surface area contributed by atoms with E-state index in [2.05, 4.69) is 46.4 Å². The molecule has 1 spiro atoms. The quantitative estimate of drug-likeness (QED) is 0.885. The Bertz CT molecular complexity index is 649. The molecule has 3 fully saturated rings. The number of nitrogens with one attached hydrogen (secondary N) is 1. The molecule has 148 valence electrons. The Hall–Kier alpha value is -1.43. The van der Waals surface area contributed by atoms with Gasteiger partial charge in [-0.3, -0.25) is 9.69 Å². The molecule has 3 aliphatic heterocycles. The summed E-state index contributed by atoms with van der Waals surface area (Å²) < 4.78 is 5.97. The minimum absolute atomic E-state index is 0.0508. The molecule has 1 aromatic rings. The van der Waals surface area contributed by atoms with Crippen LogP contribution >= 0.6 is 0 Å². The maximum atomic E-state index is 13.3. The second-order valence-corrected chi connectivity index (χ2v) is 8.77. The Kier molecular flexibility index (Phi) is 5.28. The van der Waals surface area contributed by atoms with Crippen LogP contribution in [0, 0.1) is 5.41 Å². The molecule has 1 unspecified atom stereocenters. The predicted octanol–water partition coefficient (Wildman–Crippen LogP) is 2.22. The predicted molar refractivity (Wildman–Crippen MR) is 107 cm³/mol. The molecule has 27 heavy (non-hydrogen) atoms. The van der Waals surface area contributed by atoms with E-state index < -0.39 is 0 Å². The van der Waals surface area contributed by atoms with Crippen molar-refractivity contribution < 1.29 is 9.53 Å². The van der Waals surface area contributed by atoms with Gasteiger partial charge in [0.15, 0.2) is 0 Å². The lowest BCUT2D eigenvalue weighted by atomic mass is 9.77. The van der Waals surface area contributed by atoms with Gasteiger partial charge in [-0.15, -0.1) is 0 Å².